The summed E-state index contributed by atoms with van der Waals surface area (Å²) < 4.78 is 5.78. The summed E-state index contributed by atoms with van der Waals surface area (Å²) >= 11 is 3.33. The Morgan fingerprint density at radius 1 is 1.50 bits per heavy atom. The Balaban J connectivity index is 2.66. The van der Waals surface area contributed by atoms with Gasteiger partial charge in [0.05, 0.1) is 11.1 Å². The van der Waals surface area contributed by atoms with E-state index >= 15 is 0 Å². The second-order valence-corrected chi connectivity index (χ2v) is 4.85. The molecule has 0 bridgehead atoms. The summed E-state index contributed by atoms with van der Waals surface area (Å²) in [6, 6.07) is 4.15. The Kier molecular flexibility index (Phi) is 5.25. The molecule has 0 saturated heterocycles. The van der Waals surface area contributed by atoms with E-state index in [-0.39, 0.29) is 6.04 Å². The lowest BCUT2D eigenvalue weighted by atomic mass is 10.1. The number of halogens is 1. The Morgan fingerprint density at radius 3 is 2.81 bits per heavy atom. The average molecular weight is 288 g/mol. The predicted molar refractivity (Wildman–Crippen MR) is 68.7 cm³/mol. The van der Waals surface area contributed by atoms with Crippen molar-refractivity contribution >= 4 is 15.9 Å². The first-order chi connectivity index (χ1) is 7.54. The van der Waals surface area contributed by atoms with Gasteiger partial charge in [-0.2, -0.15) is 0 Å². The minimum Gasteiger partial charge on any atom is -0.506 e. The van der Waals surface area contributed by atoms with Crippen molar-refractivity contribution in [1.82, 2.24) is 5.32 Å². The van der Waals surface area contributed by atoms with Gasteiger partial charge in [-0.15, -0.1) is 0 Å². The lowest BCUT2D eigenvalue weighted by molar-refractivity contribution is 0.171. The molecule has 0 saturated carbocycles. The van der Waals surface area contributed by atoms with Crippen LogP contribution in [-0.4, -0.2) is 24.9 Å². The van der Waals surface area contributed by atoms with E-state index < -0.39 is 0 Å². The first kappa shape index (κ1) is 13.5. The van der Waals surface area contributed by atoms with Gasteiger partial charge in [0.2, 0.25) is 0 Å². The molecular weight excluding hydrogens is 270 g/mol. The van der Waals surface area contributed by atoms with Gasteiger partial charge in [-0.3, -0.25) is 0 Å². The third-order valence-corrected chi connectivity index (χ3v) is 2.95. The summed E-state index contributed by atoms with van der Waals surface area (Å²) in [6.45, 7) is 5.35. The molecule has 0 aliphatic heterocycles. The molecule has 4 heteroatoms. The van der Waals surface area contributed by atoms with Crippen LogP contribution in [-0.2, 0) is 11.3 Å². The monoisotopic (exact) mass is 287 g/mol. The number of aryl methyl sites for hydroxylation is 1. The molecule has 1 unspecified atom stereocenters. The maximum atomic E-state index is 9.85. The van der Waals surface area contributed by atoms with Gasteiger partial charge in [-0.25, -0.2) is 0 Å². The zero-order chi connectivity index (χ0) is 12.1. The predicted octanol–water partition coefficient (Wildman–Crippen LogP) is 2.59. The second-order valence-electron chi connectivity index (χ2n) is 3.99. The van der Waals surface area contributed by atoms with Crippen molar-refractivity contribution in [2.75, 3.05) is 13.7 Å². The quantitative estimate of drug-likeness (QED) is 0.875. The van der Waals surface area contributed by atoms with E-state index in [2.05, 4.69) is 21.2 Å². The number of hydrogen-bond acceptors (Lipinski definition) is 3. The maximum Gasteiger partial charge on any atom is 0.134 e. The van der Waals surface area contributed by atoms with Gasteiger partial charge < -0.3 is 15.2 Å². The topological polar surface area (TPSA) is 41.5 Å². The van der Waals surface area contributed by atoms with Crippen molar-refractivity contribution in [2.45, 2.75) is 26.4 Å². The number of hydrogen-bond donors (Lipinski definition) is 2. The third kappa shape index (κ3) is 3.77. The molecule has 1 atom stereocenters. The first-order valence-electron chi connectivity index (χ1n) is 5.25. The highest BCUT2D eigenvalue weighted by atomic mass is 79.9. The van der Waals surface area contributed by atoms with E-state index in [0.29, 0.717) is 18.9 Å². The second kappa shape index (κ2) is 6.23. The summed E-state index contributed by atoms with van der Waals surface area (Å²) in [5.41, 5.74) is 2.02. The number of phenols is 1. The van der Waals surface area contributed by atoms with Gasteiger partial charge >= 0.3 is 0 Å². The van der Waals surface area contributed by atoms with Crippen molar-refractivity contribution in [3.8, 4) is 5.75 Å². The largest absolute Gasteiger partial charge is 0.506 e. The van der Waals surface area contributed by atoms with E-state index in [9.17, 15) is 5.11 Å². The molecule has 0 aromatic heterocycles. The molecule has 0 aliphatic carbocycles. The van der Waals surface area contributed by atoms with E-state index in [0.717, 1.165) is 15.6 Å². The van der Waals surface area contributed by atoms with Crippen LogP contribution >= 0.6 is 15.9 Å². The Bertz CT molecular complexity index is 355. The van der Waals surface area contributed by atoms with Crippen molar-refractivity contribution in [2.24, 2.45) is 0 Å². The number of methoxy groups -OCH3 is 1. The van der Waals surface area contributed by atoms with Crippen LogP contribution in [0.1, 0.15) is 18.1 Å². The number of phenolic OH excluding ortho intramolecular Hbond substituents is 1. The standard InChI is InChI=1S/C12H18BrNO2/c1-8-4-10(12(15)11(13)5-8)6-14-9(2)7-16-3/h4-5,9,14-15H,6-7H2,1-3H3. The van der Waals surface area contributed by atoms with Crippen LogP contribution in [0.5, 0.6) is 5.75 Å². The number of ether oxygens (including phenoxy) is 1. The van der Waals surface area contributed by atoms with Gasteiger partial charge in [0.1, 0.15) is 5.75 Å². The summed E-state index contributed by atoms with van der Waals surface area (Å²) in [7, 11) is 1.68. The van der Waals surface area contributed by atoms with Gasteiger partial charge in [0, 0.05) is 25.3 Å². The zero-order valence-corrected chi connectivity index (χ0v) is 11.5. The maximum absolute atomic E-state index is 9.85. The lowest BCUT2D eigenvalue weighted by Gasteiger charge is -2.14. The fourth-order valence-corrected chi connectivity index (χ4v) is 2.15. The lowest BCUT2D eigenvalue weighted by Crippen LogP contribution is -2.29. The minimum absolute atomic E-state index is 0.267. The van der Waals surface area contributed by atoms with Crippen molar-refractivity contribution in [3.05, 3.63) is 27.7 Å². The molecule has 0 spiro atoms. The zero-order valence-electron chi connectivity index (χ0n) is 9.88. The third-order valence-electron chi connectivity index (χ3n) is 2.34. The van der Waals surface area contributed by atoms with Gasteiger partial charge in [-0.1, -0.05) is 6.07 Å². The van der Waals surface area contributed by atoms with Crippen LogP contribution in [0, 0.1) is 6.92 Å². The fraction of sp³-hybridized carbons (Fsp3) is 0.500. The molecule has 0 heterocycles. The Labute approximate surface area is 105 Å². The van der Waals surface area contributed by atoms with Crippen LogP contribution in [0.3, 0.4) is 0 Å². The highest BCUT2D eigenvalue weighted by molar-refractivity contribution is 9.10. The van der Waals surface area contributed by atoms with E-state index in [1.165, 1.54) is 0 Å². The molecule has 2 N–H and O–H groups in total. The van der Waals surface area contributed by atoms with Crippen LogP contribution in [0.15, 0.2) is 16.6 Å². The number of nitrogens with one attached hydrogen (secondary N) is 1. The molecule has 90 valence electrons. The summed E-state index contributed by atoms with van der Waals surface area (Å²) in [5.74, 6) is 0.308. The Morgan fingerprint density at radius 2 is 2.19 bits per heavy atom. The molecular formula is C12H18BrNO2. The fourth-order valence-electron chi connectivity index (χ4n) is 1.53. The minimum atomic E-state index is 0.267. The molecule has 0 radical (unpaired) electrons. The Hall–Kier alpha value is -0.580. The van der Waals surface area contributed by atoms with Gasteiger partial charge in [-0.05, 0) is 41.4 Å². The van der Waals surface area contributed by atoms with Crippen molar-refractivity contribution in [3.63, 3.8) is 0 Å². The molecule has 1 aromatic carbocycles. The molecule has 1 rings (SSSR count). The van der Waals surface area contributed by atoms with E-state index in [1.807, 2.05) is 26.0 Å². The highest BCUT2D eigenvalue weighted by Gasteiger charge is 2.08. The number of benzene rings is 1. The number of aromatic hydroxyl groups is 1. The van der Waals surface area contributed by atoms with E-state index in [4.69, 9.17) is 4.74 Å². The number of rotatable bonds is 5. The SMILES string of the molecule is COCC(C)NCc1cc(C)cc(Br)c1O. The average Bonchev–Trinajstić information content (AvgIpc) is 2.21. The van der Waals surface area contributed by atoms with Crippen molar-refractivity contribution in [1.29, 1.82) is 0 Å². The highest BCUT2D eigenvalue weighted by Crippen LogP contribution is 2.29. The van der Waals surface area contributed by atoms with Crippen LogP contribution in [0.25, 0.3) is 0 Å². The smallest absolute Gasteiger partial charge is 0.134 e. The van der Waals surface area contributed by atoms with Crippen LogP contribution in [0.4, 0.5) is 0 Å². The van der Waals surface area contributed by atoms with Gasteiger partial charge in [0.15, 0.2) is 0 Å². The summed E-state index contributed by atoms with van der Waals surface area (Å²) in [6.07, 6.45) is 0. The van der Waals surface area contributed by atoms with Crippen LogP contribution in [0.2, 0.25) is 0 Å². The summed E-state index contributed by atoms with van der Waals surface area (Å²) in [4.78, 5) is 0. The van der Waals surface area contributed by atoms with E-state index in [1.54, 1.807) is 7.11 Å². The molecule has 0 amide bonds. The van der Waals surface area contributed by atoms with Gasteiger partial charge in [0.25, 0.3) is 0 Å². The summed E-state index contributed by atoms with van der Waals surface area (Å²) in [5, 5.41) is 13.1. The first-order valence-corrected chi connectivity index (χ1v) is 6.04. The molecule has 1 aromatic rings. The normalized spacial score (nSPS) is 12.8. The molecule has 0 fully saturated rings. The van der Waals surface area contributed by atoms with Crippen LogP contribution < -0.4 is 5.32 Å². The molecule has 16 heavy (non-hydrogen) atoms. The van der Waals surface area contributed by atoms with Crippen molar-refractivity contribution < 1.29 is 9.84 Å². The molecule has 3 nitrogen and oxygen atoms in total. The molecule has 0 aliphatic rings.